The van der Waals surface area contributed by atoms with Crippen LogP contribution in [0.25, 0.3) is 0 Å². The zero-order chi connectivity index (χ0) is 16.8. The molecule has 1 N–H and O–H groups in total. The molecule has 5 heteroatoms. The number of benzene rings is 1. The molecule has 0 aliphatic carbocycles. The molecule has 5 nitrogen and oxygen atoms in total. The van der Waals surface area contributed by atoms with Gasteiger partial charge in [0.15, 0.2) is 5.76 Å². The van der Waals surface area contributed by atoms with Crippen LogP contribution < -0.4 is 10.1 Å². The van der Waals surface area contributed by atoms with E-state index in [4.69, 9.17) is 9.15 Å². The summed E-state index contributed by atoms with van der Waals surface area (Å²) in [6.45, 7) is 6.34. The van der Waals surface area contributed by atoms with Gasteiger partial charge in [-0.1, -0.05) is 19.9 Å². The lowest BCUT2D eigenvalue weighted by Crippen LogP contribution is -2.26. The van der Waals surface area contributed by atoms with E-state index in [-0.39, 0.29) is 30.6 Å². The monoisotopic (exact) mass is 315 g/mol. The minimum atomic E-state index is -0.384. The predicted molar refractivity (Wildman–Crippen MR) is 86.6 cm³/mol. The number of esters is 1. The standard InChI is InChI=1S/C18H21NO4/c1-12(2)14-9-13(3)10-15(11-14)23-17(20)6-7-19-18(21)16-5-4-8-22-16/h4-5,8-12H,6-7H2,1-3H3,(H,19,21). The molecule has 122 valence electrons. The Kier molecular flexibility index (Phi) is 5.57. The van der Waals surface area contributed by atoms with Gasteiger partial charge in [-0.15, -0.1) is 0 Å². The zero-order valence-electron chi connectivity index (χ0n) is 13.6. The van der Waals surface area contributed by atoms with Crippen LogP contribution in [0.15, 0.2) is 41.0 Å². The molecule has 2 rings (SSSR count). The summed E-state index contributed by atoms with van der Waals surface area (Å²) in [4.78, 5) is 23.5. The van der Waals surface area contributed by atoms with Gasteiger partial charge in [0.25, 0.3) is 5.91 Å². The van der Waals surface area contributed by atoms with Crippen LogP contribution in [0.5, 0.6) is 5.75 Å². The van der Waals surface area contributed by atoms with Crippen LogP contribution in [-0.2, 0) is 4.79 Å². The van der Waals surface area contributed by atoms with E-state index in [0.717, 1.165) is 11.1 Å². The summed E-state index contributed by atoms with van der Waals surface area (Å²) in [7, 11) is 0. The molecular weight excluding hydrogens is 294 g/mol. The molecule has 1 amide bonds. The molecule has 0 fully saturated rings. The Hall–Kier alpha value is -2.56. The lowest BCUT2D eigenvalue weighted by Gasteiger charge is -2.11. The highest BCUT2D eigenvalue weighted by Gasteiger charge is 2.11. The fraction of sp³-hybridized carbons (Fsp3) is 0.333. The highest BCUT2D eigenvalue weighted by atomic mass is 16.5. The molecule has 0 saturated carbocycles. The Morgan fingerprint density at radius 1 is 1.26 bits per heavy atom. The highest BCUT2D eigenvalue weighted by molar-refractivity contribution is 5.91. The Labute approximate surface area is 135 Å². The Morgan fingerprint density at radius 2 is 2.04 bits per heavy atom. The van der Waals surface area contributed by atoms with Crippen LogP contribution in [0.2, 0.25) is 0 Å². The summed E-state index contributed by atoms with van der Waals surface area (Å²) < 4.78 is 10.3. The van der Waals surface area contributed by atoms with E-state index in [9.17, 15) is 9.59 Å². The number of carbonyl (C=O) groups excluding carboxylic acids is 2. The number of hydrogen-bond acceptors (Lipinski definition) is 4. The molecule has 1 aromatic heterocycles. The molecule has 0 unspecified atom stereocenters. The number of rotatable bonds is 6. The van der Waals surface area contributed by atoms with Gasteiger partial charge in [0, 0.05) is 6.54 Å². The summed E-state index contributed by atoms with van der Waals surface area (Å²) in [5, 5.41) is 2.61. The maximum atomic E-state index is 11.9. The van der Waals surface area contributed by atoms with Gasteiger partial charge < -0.3 is 14.5 Å². The second kappa shape index (κ2) is 7.63. The SMILES string of the molecule is Cc1cc(OC(=O)CCNC(=O)c2ccco2)cc(C(C)C)c1. The molecular formula is C18H21NO4. The first-order valence-electron chi connectivity index (χ1n) is 7.59. The summed E-state index contributed by atoms with van der Waals surface area (Å²) in [6.07, 6.45) is 1.52. The third-order valence-electron chi connectivity index (χ3n) is 3.33. The lowest BCUT2D eigenvalue weighted by molar-refractivity contribution is -0.134. The van der Waals surface area contributed by atoms with Crippen molar-refractivity contribution in [3.05, 3.63) is 53.5 Å². The molecule has 0 aliphatic rings. The first-order valence-corrected chi connectivity index (χ1v) is 7.59. The summed E-state index contributed by atoms with van der Waals surface area (Å²) in [5.74, 6) is 0.389. The van der Waals surface area contributed by atoms with Crippen molar-refractivity contribution in [1.29, 1.82) is 0 Å². The topological polar surface area (TPSA) is 68.5 Å². The third-order valence-corrected chi connectivity index (χ3v) is 3.33. The Balaban J connectivity index is 1.84. The molecule has 0 saturated heterocycles. The first kappa shape index (κ1) is 16.8. The number of ether oxygens (including phenoxy) is 1. The molecule has 1 heterocycles. The minimum Gasteiger partial charge on any atom is -0.459 e. The van der Waals surface area contributed by atoms with E-state index in [1.807, 2.05) is 19.1 Å². The van der Waals surface area contributed by atoms with Crippen molar-refractivity contribution in [3.63, 3.8) is 0 Å². The van der Waals surface area contributed by atoms with Crippen LogP contribution in [0, 0.1) is 6.92 Å². The minimum absolute atomic E-state index is 0.0946. The molecule has 0 spiro atoms. The molecule has 23 heavy (non-hydrogen) atoms. The van der Waals surface area contributed by atoms with E-state index in [1.54, 1.807) is 12.1 Å². The van der Waals surface area contributed by atoms with Crippen molar-refractivity contribution < 1.29 is 18.7 Å². The average molecular weight is 315 g/mol. The normalized spacial score (nSPS) is 10.6. The maximum absolute atomic E-state index is 11.9. The maximum Gasteiger partial charge on any atom is 0.312 e. The second-order valence-corrected chi connectivity index (χ2v) is 5.69. The smallest absolute Gasteiger partial charge is 0.312 e. The lowest BCUT2D eigenvalue weighted by atomic mass is 10.0. The predicted octanol–water partition coefficient (Wildman–Crippen LogP) is 3.44. The molecule has 0 radical (unpaired) electrons. The van der Waals surface area contributed by atoms with Crippen molar-refractivity contribution in [2.75, 3.05) is 6.54 Å². The van der Waals surface area contributed by atoms with E-state index in [1.165, 1.54) is 6.26 Å². The van der Waals surface area contributed by atoms with E-state index < -0.39 is 0 Å². The number of hydrogen-bond donors (Lipinski definition) is 1. The number of furan rings is 1. The molecule has 0 atom stereocenters. The fourth-order valence-corrected chi connectivity index (χ4v) is 2.12. The van der Waals surface area contributed by atoms with Crippen LogP contribution >= 0.6 is 0 Å². The largest absolute Gasteiger partial charge is 0.459 e. The van der Waals surface area contributed by atoms with Crippen LogP contribution in [0.4, 0.5) is 0 Å². The van der Waals surface area contributed by atoms with E-state index in [2.05, 4.69) is 25.2 Å². The van der Waals surface area contributed by atoms with Gasteiger partial charge in [0.05, 0.1) is 12.7 Å². The van der Waals surface area contributed by atoms with Crippen LogP contribution in [0.1, 0.15) is 47.9 Å². The van der Waals surface area contributed by atoms with Crippen molar-refractivity contribution in [2.45, 2.75) is 33.1 Å². The van der Waals surface area contributed by atoms with Gasteiger partial charge in [0.2, 0.25) is 0 Å². The fourth-order valence-electron chi connectivity index (χ4n) is 2.12. The van der Waals surface area contributed by atoms with Gasteiger partial charge in [0.1, 0.15) is 5.75 Å². The zero-order valence-corrected chi connectivity index (χ0v) is 13.6. The summed E-state index contributed by atoms with van der Waals surface area (Å²) in [6, 6.07) is 8.97. The van der Waals surface area contributed by atoms with Crippen LogP contribution in [-0.4, -0.2) is 18.4 Å². The van der Waals surface area contributed by atoms with Crippen molar-refractivity contribution in [3.8, 4) is 5.75 Å². The van der Waals surface area contributed by atoms with Crippen molar-refractivity contribution in [2.24, 2.45) is 0 Å². The van der Waals surface area contributed by atoms with Gasteiger partial charge in [-0.25, -0.2) is 0 Å². The first-order chi connectivity index (χ1) is 11.0. The van der Waals surface area contributed by atoms with Gasteiger partial charge in [-0.05, 0) is 48.2 Å². The number of amides is 1. The second-order valence-electron chi connectivity index (χ2n) is 5.69. The molecule has 0 bridgehead atoms. The number of carbonyl (C=O) groups is 2. The quantitative estimate of drug-likeness (QED) is 0.655. The molecule has 2 aromatic rings. The van der Waals surface area contributed by atoms with Gasteiger partial charge in [-0.3, -0.25) is 9.59 Å². The van der Waals surface area contributed by atoms with Gasteiger partial charge in [-0.2, -0.15) is 0 Å². The number of nitrogens with one attached hydrogen (secondary N) is 1. The summed E-state index contributed by atoms with van der Waals surface area (Å²) >= 11 is 0. The highest BCUT2D eigenvalue weighted by Crippen LogP contribution is 2.23. The molecule has 0 aliphatic heterocycles. The van der Waals surface area contributed by atoms with E-state index >= 15 is 0 Å². The third kappa shape index (κ3) is 4.98. The Morgan fingerprint density at radius 3 is 2.70 bits per heavy atom. The van der Waals surface area contributed by atoms with Crippen molar-refractivity contribution in [1.82, 2.24) is 5.32 Å². The van der Waals surface area contributed by atoms with Gasteiger partial charge >= 0.3 is 5.97 Å². The summed E-state index contributed by atoms with van der Waals surface area (Å²) in [5.41, 5.74) is 2.17. The average Bonchev–Trinajstić information content (AvgIpc) is 3.00. The molecule has 1 aromatic carbocycles. The van der Waals surface area contributed by atoms with E-state index in [0.29, 0.717) is 11.7 Å². The number of aryl methyl sites for hydroxylation is 1. The van der Waals surface area contributed by atoms with Crippen LogP contribution in [0.3, 0.4) is 0 Å². The Bertz CT molecular complexity index is 674. The van der Waals surface area contributed by atoms with Crippen molar-refractivity contribution >= 4 is 11.9 Å².